The van der Waals surface area contributed by atoms with Crippen molar-refractivity contribution in [1.29, 1.82) is 5.26 Å². The van der Waals surface area contributed by atoms with Gasteiger partial charge in [-0.3, -0.25) is 4.79 Å². The quantitative estimate of drug-likeness (QED) is 0.925. The van der Waals surface area contributed by atoms with E-state index in [0.717, 1.165) is 16.6 Å². The third-order valence-corrected chi connectivity index (χ3v) is 4.73. The van der Waals surface area contributed by atoms with E-state index in [9.17, 15) is 10.1 Å². The molecule has 2 heterocycles. The lowest BCUT2D eigenvalue weighted by atomic mass is 10.0. The van der Waals surface area contributed by atoms with Crippen molar-refractivity contribution in [3.05, 3.63) is 39.7 Å². The molecule has 0 amide bonds. The topological polar surface area (TPSA) is 69.1 Å². The summed E-state index contributed by atoms with van der Waals surface area (Å²) in [4.78, 5) is 17.3. The number of benzene rings is 1. The number of nitriles is 1. The fourth-order valence-corrected chi connectivity index (χ4v) is 3.42. The molecule has 0 radical (unpaired) electrons. The second-order valence-electron chi connectivity index (χ2n) is 6.50. The van der Waals surface area contributed by atoms with Crippen LogP contribution in [0.4, 0.5) is 5.69 Å². The smallest absolute Gasteiger partial charge is 0.268 e. The third kappa shape index (κ3) is 2.49. The maximum atomic E-state index is 12.3. The van der Waals surface area contributed by atoms with Crippen LogP contribution in [-0.4, -0.2) is 30.8 Å². The Morgan fingerprint density at radius 3 is 2.91 bits per heavy atom. The second kappa shape index (κ2) is 5.39. The molecule has 1 atom stereocenters. The van der Waals surface area contributed by atoms with Gasteiger partial charge in [0.2, 0.25) is 0 Å². The molecule has 0 bridgehead atoms. The number of fused-ring (bicyclic) bond motifs is 1. The van der Waals surface area contributed by atoms with Crippen molar-refractivity contribution in [3.63, 3.8) is 0 Å². The molecule has 1 aliphatic heterocycles. The minimum absolute atomic E-state index is 0.0937. The first-order valence-electron chi connectivity index (χ1n) is 8.14. The minimum Gasteiger partial charge on any atom is -0.375 e. The Morgan fingerprint density at radius 2 is 2.22 bits per heavy atom. The van der Waals surface area contributed by atoms with Gasteiger partial charge in [-0.1, -0.05) is 6.07 Å². The minimum atomic E-state index is -0.312. The molecule has 1 aromatic heterocycles. The van der Waals surface area contributed by atoms with Crippen molar-refractivity contribution >= 4 is 16.6 Å². The van der Waals surface area contributed by atoms with Crippen LogP contribution >= 0.6 is 0 Å². The van der Waals surface area contributed by atoms with E-state index >= 15 is 0 Å². The van der Waals surface area contributed by atoms with Crippen LogP contribution in [0, 0.1) is 11.3 Å². The molecular formula is C18H19N3O2. The van der Waals surface area contributed by atoms with E-state index in [0.29, 0.717) is 25.6 Å². The lowest BCUT2D eigenvalue weighted by molar-refractivity contribution is 0.0533. The van der Waals surface area contributed by atoms with Crippen LogP contribution in [0.5, 0.6) is 0 Å². The lowest BCUT2D eigenvalue weighted by Crippen LogP contribution is -2.42. The van der Waals surface area contributed by atoms with Crippen LogP contribution in [0.2, 0.25) is 0 Å². The zero-order valence-electron chi connectivity index (χ0n) is 13.1. The van der Waals surface area contributed by atoms with Gasteiger partial charge in [0.15, 0.2) is 0 Å². The molecule has 5 heteroatoms. The number of nitrogens with one attached hydrogen (secondary N) is 1. The van der Waals surface area contributed by atoms with Crippen LogP contribution in [0.25, 0.3) is 10.9 Å². The number of aromatic amines is 1. The zero-order valence-corrected chi connectivity index (χ0v) is 13.1. The Bertz CT molecular complexity index is 861. The number of nitrogens with zero attached hydrogens (tertiary/aromatic N) is 2. The summed E-state index contributed by atoms with van der Waals surface area (Å²) in [6.07, 6.45) is 2.55. The van der Waals surface area contributed by atoms with E-state index in [1.165, 1.54) is 18.4 Å². The molecule has 2 fully saturated rings. The molecule has 118 valence electrons. The first-order valence-corrected chi connectivity index (χ1v) is 8.14. The molecule has 1 aromatic carbocycles. The van der Waals surface area contributed by atoms with Crippen molar-refractivity contribution in [1.82, 2.24) is 4.98 Å². The first-order chi connectivity index (χ1) is 11.2. The Labute approximate surface area is 134 Å². The fraction of sp³-hybridized carbons (Fsp3) is 0.444. The van der Waals surface area contributed by atoms with Gasteiger partial charge >= 0.3 is 0 Å². The van der Waals surface area contributed by atoms with Gasteiger partial charge in [-0.15, -0.1) is 0 Å². The fourth-order valence-electron chi connectivity index (χ4n) is 3.42. The first kappa shape index (κ1) is 14.3. The number of ether oxygens (including phenoxy) is 1. The van der Waals surface area contributed by atoms with Crippen LogP contribution < -0.4 is 10.5 Å². The van der Waals surface area contributed by atoms with Gasteiger partial charge in [0.05, 0.1) is 23.9 Å². The molecule has 0 spiro atoms. The highest BCUT2D eigenvalue weighted by molar-refractivity contribution is 5.95. The Hall–Kier alpha value is -2.32. The molecule has 1 saturated carbocycles. The number of hydrogen-bond acceptors (Lipinski definition) is 4. The monoisotopic (exact) mass is 309 g/mol. The van der Waals surface area contributed by atoms with Crippen LogP contribution in [-0.2, 0) is 4.74 Å². The summed E-state index contributed by atoms with van der Waals surface area (Å²) in [5.41, 5.74) is 2.76. The zero-order chi connectivity index (χ0) is 16.0. The number of hydrogen-bond donors (Lipinski definition) is 1. The maximum Gasteiger partial charge on any atom is 0.268 e. The summed E-state index contributed by atoms with van der Waals surface area (Å²) in [7, 11) is 0. The highest BCUT2D eigenvalue weighted by Crippen LogP contribution is 2.42. The SMILES string of the molecule is C[C@H]1CN(c2c(C#N)c(=O)[nH]c3ccc(C4CC4)cc23)CCO1. The number of aromatic nitrogens is 1. The number of rotatable bonds is 2. The van der Waals surface area contributed by atoms with Crippen LogP contribution in [0.1, 0.15) is 36.8 Å². The van der Waals surface area contributed by atoms with Gasteiger partial charge in [-0.05, 0) is 43.4 Å². The van der Waals surface area contributed by atoms with E-state index in [2.05, 4.69) is 28.1 Å². The van der Waals surface area contributed by atoms with Crippen molar-refractivity contribution < 1.29 is 4.74 Å². The largest absolute Gasteiger partial charge is 0.375 e. The average molecular weight is 309 g/mol. The number of anilines is 1. The average Bonchev–Trinajstić information content (AvgIpc) is 3.38. The van der Waals surface area contributed by atoms with E-state index in [1.807, 2.05) is 13.0 Å². The number of H-pyrrole nitrogens is 1. The van der Waals surface area contributed by atoms with E-state index in [1.54, 1.807) is 0 Å². The Kier molecular flexibility index (Phi) is 3.35. The van der Waals surface area contributed by atoms with E-state index in [4.69, 9.17) is 4.74 Å². The normalized spacial score (nSPS) is 21.4. The van der Waals surface area contributed by atoms with E-state index < -0.39 is 0 Å². The van der Waals surface area contributed by atoms with Gasteiger partial charge in [0, 0.05) is 18.5 Å². The Balaban J connectivity index is 1.95. The second-order valence-corrected chi connectivity index (χ2v) is 6.50. The summed E-state index contributed by atoms with van der Waals surface area (Å²) in [6, 6.07) is 8.32. The van der Waals surface area contributed by atoms with Crippen molar-refractivity contribution in [2.24, 2.45) is 0 Å². The summed E-state index contributed by atoms with van der Waals surface area (Å²) in [5, 5.41) is 10.5. The molecule has 0 unspecified atom stereocenters. The molecule has 4 rings (SSSR count). The molecule has 1 N–H and O–H groups in total. The third-order valence-electron chi connectivity index (χ3n) is 4.73. The molecule has 2 aromatic rings. The molecule has 1 aliphatic carbocycles. The van der Waals surface area contributed by atoms with Crippen LogP contribution in [0.15, 0.2) is 23.0 Å². The summed E-state index contributed by atoms with van der Waals surface area (Å²) in [5.74, 6) is 0.633. The van der Waals surface area contributed by atoms with Gasteiger partial charge in [0.1, 0.15) is 11.6 Å². The molecule has 23 heavy (non-hydrogen) atoms. The van der Waals surface area contributed by atoms with Gasteiger partial charge < -0.3 is 14.6 Å². The number of morpholine rings is 1. The molecule has 2 aliphatic rings. The van der Waals surface area contributed by atoms with Crippen LogP contribution in [0.3, 0.4) is 0 Å². The van der Waals surface area contributed by atoms with E-state index in [-0.39, 0.29) is 17.2 Å². The van der Waals surface area contributed by atoms with Crippen molar-refractivity contribution in [2.45, 2.75) is 31.8 Å². The predicted molar refractivity (Wildman–Crippen MR) is 88.9 cm³/mol. The van der Waals surface area contributed by atoms with Gasteiger partial charge in [0.25, 0.3) is 5.56 Å². The molecular weight excluding hydrogens is 290 g/mol. The lowest BCUT2D eigenvalue weighted by Gasteiger charge is -2.34. The van der Waals surface area contributed by atoms with Gasteiger partial charge in [-0.25, -0.2) is 0 Å². The Morgan fingerprint density at radius 1 is 1.39 bits per heavy atom. The standard InChI is InChI=1S/C18H19N3O2/c1-11-10-21(6-7-23-11)17-14-8-13(12-2-3-12)4-5-16(14)20-18(22)15(17)9-19/h4-5,8,11-12H,2-3,6-7,10H2,1H3,(H,20,22)/t11-/m0/s1. The maximum absolute atomic E-state index is 12.3. The van der Waals surface area contributed by atoms with Crippen molar-refractivity contribution in [3.8, 4) is 6.07 Å². The highest BCUT2D eigenvalue weighted by Gasteiger charge is 2.27. The highest BCUT2D eigenvalue weighted by atomic mass is 16.5. The molecule has 1 saturated heterocycles. The van der Waals surface area contributed by atoms with Crippen molar-refractivity contribution in [2.75, 3.05) is 24.6 Å². The summed E-state index contributed by atoms with van der Waals surface area (Å²) < 4.78 is 5.61. The summed E-state index contributed by atoms with van der Waals surface area (Å²) in [6.45, 7) is 4.03. The van der Waals surface area contributed by atoms with Gasteiger partial charge in [-0.2, -0.15) is 5.26 Å². The number of pyridine rings is 1. The molecule has 5 nitrogen and oxygen atoms in total. The predicted octanol–water partition coefficient (Wildman–Crippen LogP) is 2.50. The summed E-state index contributed by atoms with van der Waals surface area (Å²) >= 11 is 0.